The van der Waals surface area contributed by atoms with Gasteiger partial charge < -0.3 is 5.32 Å². The van der Waals surface area contributed by atoms with Crippen LogP contribution in [0.3, 0.4) is 0 Å². The number of nitro benzene ring substituents is 1. The van der Waals surface area contributed by atoms with Crippen molar-refractivity contribution in [1.29, 1.82) is 0 Å². The number of aromatic nitrogens is 3. The van der Waals surface area contributed by atoms with Crippen molar-refractivity contribution < 1.29 is 9.72 Å². The summed E-state index contributed by atoms with van der Waals surface area (Å²) in [6, 6.07) is 17.9. The minimum Gasteiger partial charge on any atom is -0.325 e. The fourth-order valence-electron chi connectivity index (χ4n) is 3.56. The first-order valence-corrected chi connectivity index (χ1v) is 11.8. The summed E-state index contributed by atoms with van der Waals surface area (Å²) in [6.45, 7) is 8.25. The van der Waals surface area contributed by atoms with Gasteiger partial charge >= 0.3 is 0 Å². The molecule has 174 valence electrons. The number of thioether (sulfide) groups is 1. The normalized spacial score (nSPS) is 11.5. The topological polar surface area (TPSA) is 102 Å². The van der Waals surface area contributed by atoms with Crippen LogP contribution in [-0.4, -0.2) is 31.2 Å². The number of non-ortho nitro benzene ring substituents is 1. The average Bonchev–Trinajstić information content (AvgIpc) is 3.13. The van der Waals surface area contributed by atoms with E-state index in [0.29, 0.717) is 5.69 Å². The summed E-state index contributed by atoms with van der Waals surface area (Å²) in [6.07, 6.45) is 0. The van der Waals surface area contributed by atoms with Crippen LogP contribution < -0.4 is 5.32 Å². The molecule has 4 aromatic rings. The molecule has 0 spiro atoms. The predicted octanol–water partition coefficient (Wildman–Crippen LogP) is 5.64. The molecule has 1 N–H and O–H groups in total. The summed E-state index contributed by atoms with van der Waals surface area (Å²) in [7, 11) is 0. The zero-order valence-corrected chi connectivity index (χ0v) is 20.2. The van der Waals surface area contributed by atoms with E-state index in [0.717, 1.165) is 33.2 Å². The van der Waals surface area contributed by atoms with E-state index in [4.69, 9.17) is 10.1 Å². The van der Waals surface area contributed by atoms with Crippen LogP contribution in [0.25, 0.3) is 16.8 Å². The van der Waals surface area contributed by atoms with Gasteiger partial charge in [0.1, 0.15) is 5.03 Å². The maximum Gasteiger partial charge on any atom is 0.271 e. The van der Waals surface area contributed by atoms with Gasteiger partial charge in [0.05, 0.1) is 22.1 Å². The third-order valence-electron chi connectivity index (χ3n) is 5.25. The second-order valence-electron chi connectivity index (χ2n) is 8.94. The van der Waals surface area contributed by atoms with Crippen molar-refractivity contribution in [3.05, 3.63) is 82.2 Å². The van der Waals surface area contributed by atoms with E-state index in [9.17, 15) is 14.9 Å². The van der Waals surface area contributed by atoms with Gasteiger partial charge in [0.2, 0.25) is 5.91 Å². The fraction of sp³-hybridized carbons (Fsp3) is 0.240. The van der Waals surface area contributed by atoms with Crippen LogP contribution in [-0.2, 0) is 10.2 Å². The molecule has 4 rings (SSSR count). The SMILES string of the molecule is Cc1nn2c(SCC(=O)Nc3cccc([N+](=O)[O-])c3)cc(C(C)(C)C)nc2c1-c1ccccc1. The molecular formula is C25H25N5O3S. The first-order chi connectivity index (χ1) is 16.1. The molecule has 8 nitrogen and oxygen atoms in total. The number of hydrogen-bond donors (Lipinski definition) is 1. The molecule has 0 saturated carbocycles. The van der Waals surface area contributed by atoms with E-state index < -0.39 is 4.92 Å². The number of nitro groups is 1. The first-order valence-electron chi connectivity index (χ1n) is 10.8. The van der Waals surface area contributed by atoms with Gasteiger partial charge in [0.15, 0.2) is 5.65 Å². The van der Waals surface area contributed by atoms with Crippen LogP contribution in [0, 0.1) is 17.0 Å². The maximum atomic E-state index is 12.6. The highest BCUT2D eigenvalue weighted by molar-refractivity contribution is 7.99. The standard InChI is InChI=1S/C25H25N5O3S/c1-16-23(17-9-6-5-7-10-17)24-27-20(25(2,3)4)14-22(29(24)28-16)34-15-21(31)26-18-11-8-12-19(13-18)30(32)33/h5-14H,15H2,1-4H3,(H,26,31). The van der Waals surface area contributed by atoms with E-state index in [1.807, 2.05) is 43.3 Å². The van der Waals surface area contributed by atoms with Crippen LogP contribution in [0.15, 0.2) is 65.7 Å². The van der Waals surface area contributed by atoms with Crippen LogP contribution in [0.5, 0.6) is 0 Å². The Morgan fingerprint density at radius 3 is 2.53 bits per heavy atom. The van der Waals surface area contributed by atoms with Gasteiger partial charge in [0.25, 0.3) is 5.69 Å². The van der Waals surface area contributed by atoms with Crippen LogP contribution in [0.1, 0.15) is 32.2 Å². The van der Waals surface area contributed by atoms with Crippen molar-refractivity contribution in [1.82, 2.24) is 14.6 Å². The lowest BCUT2D eigenvalue weighted by molar-refractivity contribution is -0.384. The van der Waals surface area contributed by atoms with Gasteiger partial charge in [-0.15, -0.1) is 0 Å². The molecule has 2 aromatic carbocycles. The molecule has 0 saturated heterocycles. The van der Waals surface area contributed by atoms with E-state index >= 15 is 0 Å². The van der Waals surface area contributed by atoms with Gasteiger partial charge in [-0.05, 0) is 24.6 Å². The van der Waals surface area contributed by atoms with Gasteiger partial charge in [-0.3, -0.25) is 14.9 Å². The smallest absolute Gasteiger partial charge is 0.271 e. The van der Waals surface area contributed by atoms with Gasteiger partial charge in [0, 0.05) is 28.8 Å². The maximum absolute atomic E-state index is 12.6. The highest BCUT2D eigenvalue weighted by Crippen LogP contribution is 2.33. The number of aryl methyl sites for hydroxylation is 1. The molecule has 2 heterocycles. The van der Waals surface area contributed by atoms with Crippen LogP contribution in [0.4, 0.5) is 11.4 Å². The molecular weight excluding hydrogens is 450 g/mol. The van der Waals surface area contributed by atoms with Crippen molar-refractivity contribution in [3.63, 3.8) is 0 Å². The minimum atomic E-state index is -0.490. The zero-order chi connectivity index (χ0) is 24.5. The summed E-state index contributed by atoms with van der Waals surface area (Å²) < 4.78 is 1.79. The van der Waals surface area contributed by atoms with Crippen LogP contribution >= 0.6 is 11.8 Å². The summed E-state index contributed by atoms with van der Waals surface area (Å²) in [5.74, 6) is -0.148. The number of amides is 1. The summed E-state index contributed by atoms with van der Waals surface area (Å²) in [5.41, 5.74) is 4.62. The molecule has 0 aliphatic carbocycles. The number of fused-ring (bicyclic) bond motifs is 1. The predicted molar refractivity (Wildman–Crippen MR) is 134 cm³/mol. The Morgan fingerprint density at radius 1 is 1.12 bits per heavy atom. The number of hydrogen-bond acceptors (Lipinski definition) is 6. The van der Waals surface area contributed by atoms with Crippen molar-refractivity contribution in [2.75, 3.05) is 11.1 Å². The van der Waals surface area contributed by atoms with E-state index in [1.165, 1.54) is 23.9 Å². The van der Waals surface area contributed by atoms with Gasteiger partial charge in [-0.1, -0.05) is 68.9 Å². The molecule has 0 aliphatic rings. The highest BCUT2D eigenvalue weighted by Gasteiger charge is 2.22. The Morgan fingerprint density at radius 2 is 1.85 bits per heavy atom. The molecule has 2 aromatic heterocycles. The molecule has 0 bridgehead atoms. The average molecular weight is 476 g/mol. The lowest BCUT2D eigenvalue weighted by Gasteiger charge is -2.19. The molecule has 34 heavy (non-hydrogen) atoms. The molecule has 9 heteroatoms. The Bertz CT molecular complexity index is 1380. The Kier molecular flexibility index (Phi) is 6.39. The molecule has 0 fully saturated rings. The highest BCUT2D eigenvalue weighted by atomic mass is 32.2. The number of benzene rings is 2. The first kappa shape index (κ1) is 23.4. The molecule has 0 radical (unpaired) electrons. The monoisotopic (exact) mass is 475 g/mol. The van der Waals surface area contributed by atoms with E-state index in [2.05, 4.69) is 26.1 Å². The second kappa shape index (κ2) is 9.26. The third-order valence-corrected chi connectivity index (χ3v) is 6.25. The Labute approximate surface area is 201 Å². The molecule has 1 amide bonds. The quantitative estimate of drug-likeness (QED) is 0.168. The summed E-state index contributed by atoms with van der Waals surface area (Å²) >= 11 is 1.35. The largest absolute Gasteiger partial charge is 0.325 e. The van der Waals surface area contributed by atoms with Crippen LogP contribution in [0.2, 0.25) is 0 Å². The van der Waals surface area contributed by atoms with Gasteiger partial charge in [-0.25, -0.2) is 9.50 Å². The lowest BCUT2D eigenvalue weighted by Crippen LogP contribution is -2.17. The number of rotatable bonds is 6. The molecule has 0 aliphatic heterocycles. The van der Waals surface area contributed by atoms with Gasteiger partial charge in [-0.2, -0.15) is 5.10 Å². The lowest BCUT2D eigenvalue weighted by atomic mass is 9.92. The second-order valence-corrected chi connectivity index (χ2v) is 9.93. The summed E-state index contributed by atoms with van der Waals surface area (Å²) in [5, 5.41) is 19.3. The number of carbonyl (C=O) groups is 1. The number of carbonyl (C=O) groups excluding carboxylic acids is 1. The van der Waals surface area contributed by atoms with E-state index in [1.54, 1.807) is 16.6 Å². The van der Waals surface area contributed by atoms with Crippen molar-refractivity contribution in [3.8, 4) is 11.1 Å². The molecule has 0 atom stereocenters. The van der Waals surface area contributed by atoms with Crippen molar-refractivity contribution in [2.24, 2.45) is 0 Å². The minimum absolute atomic E-state index is 0.0726. The Hall–Kier alpha value is -3.72. The third kappa shape index (κ3) is 4.94. The zero-order valence-electron chi connectivity index (χ0n) is 19.4. The Balaban J connectivity index is 1.66. The van der Waals surface area contributed by atoms with Crippen molar-refractivity contribution >= 4 is 34.7 Å². The number of nitrogens with zero attached hydrogens (tertiary/aromatic N) is 4. The number of nitrogens with one attached hydrogen (secondary N) is 1. The number of anilines is 1. The summed E-state index contributed by atoms with van der Waals surface area (Å²) in [4.78, 5) is 28.1. The molecule has 0 unspecified atom stereocenters. The van der Waals surface area contributed by atoms with Crippen molar-refractivity contribution in [2.45, 2.75) is 38.1 Å². The van der Waals surface area contributed by atoms with E-state index in [-0.39, 0.29) is 22.8 Å². The fourth-order valence-corrected chi connectivity index (χ4v) is 4.36.